The summed E-state index contributed by atoms with van der Waals surface area (Å²) in [6.45, 7) is 21.8. The molecule has 0 N–H and O–H groups in total. The molecule has 0 aromatic rings. The zero-order valence-corrected chi connectivity index (χ0v) is 21.4. The maximum Gasteiger partial charge on any atom is 4.00 e. The van der Waals surface area contributed by atoms with Gasteiger partial charge >= 0.3 is 25.8 Å². The van der Waals surface area contributed by atoms with Gasteiger partial charge in [-0.15, -0.1) is 13.8 Å². The molecule has 0 heterocycles. The second kappa shape index (κ2) is 9.78. The Morgan fingerprint density at radius 3 is 0.826 bits per heavy atom. The van der Waals surface area contributed by atoms with Crippen molar-refractivity contribution >= 4 is 0 Å². The van der Waals surface area contributed by atoms with Crippen molar-refractivity contribution in [1.29, 1.82) is 0 Å². The van der Waals surface area contributed by atoms with Crippen molar-refractivity contribution < 1.29 is 50.7 Å². The van der Waals surface area contributed by atoms with E-state index in [9.17, 15) is 0 Å². The van der Waals surface area contributed by atoms with Crippen LogP contribution in [-0.2, 0) is 25.8 Å². The van der Waals surface area contributed by atoms with Gasteiger partial charge in [-0.1, -0.05) is 66.2 Å². The predicted molar refractivity (Wildman–Crippen MR) is 89.2 cm³/mol. The second-order valence-corrected chi connectivity index (χ2v) is 7.25. The molecule has 0 aromatic heterocycles. The molecular formula is C20H30Cl2Hf. The van der Waals surface area contributed by atoms with E-state index in [0.29, 0.717) is 0 Å². The van der Waals surface area contributed by atoms with Crippen molar-refractivity contribution in [3.8, 4) is 0 Å². The zero-order valence-electron chi connectivity index (χ0n) is 16.3. The Balaban J connectivity index is -0.000000308. The number of hydrogen-bond acceptors (Lipinski definition) is 0. The van der Waals surface area contributed by atoms with E-state index < -0.39 is 0 Å². The first-order valence-electron chi connectivity index (χ1n) is 7.50. The molecule has 128 valence electrons. The number of allylic oxidation sites excluding steroid dienone is 8. The van der Waals surface area contributed by atoms with Gasteiger partial charge in [0.1, 0.15) is 0 Å². The van der Waals surface area contributed by atoms with Crippen molar-refractivity contribution in [2.45, 2.75) is 69.2 Å². The molecule has 0 radical (unpaired) electrons. The quantitative estimate of drug-likeness (QED) is 0.318. The molecule has 0 saturated heterocycles. The minimum absolute atomic E-state index is 0. The van der Waals surface area contributed by atoms with Crippen LogP contribution in [0.2, 0.25) is 0 Å². The second-order valence-electron chi connectivity index (χ2n) is 7.25. The summed E-state index contributed by atoms with van der Waals surface area (Å²) in [4.78, 5) is 0. The van der Waals surface area contributed by atoms with Crippen molar-refractivity contribution in [2.24, 2.45) is 10.8 Å². The van der Waals surface area contributed by atoms with Crippen LogP contribution in [0, 0.1) is 23.0 Å². The van der Waals surface area contributed by atoms with Crippen LogP contribution in [0.5, 0.6) is 0 Å². The minimum atomic E-state index is 0. The van der Waals surface area contributed by atoms with Gasteiger partial charge in [0.05, 0.1) is 0 Å². The molecule has 0 fully saturated rings. The summed E-state index contributed by atoms with van der Waals surface area (Å²) in [7, 11) is 0. The van der Waals surface area contributed by atoms with E-state index in [1.54, 1.807) is 0 Å². The van der Waals surface area contributed by atoms with Crippen LogP contribution in [0.15, 0.2) is 33.4 Å². The number of rotatable bonds is 0. The van der Waals surface area contributed by atoms with Gasteiger partial charge in [0, 0.05) is 0 Å². The van der Waals surface area contributed by atoms with Crippen molar-refractivity contribution in [2.75, 3.05) is 0 Å². The molecule has 0 unspecified atom stereocenters. The van der Waals surface area contributed by atoms with Crippen LogP contribution in [-0.4, -0.2) is 0 Å². The predicted octanol–water partition coefficient (Wildman–Crippen LogP) is 0.230. The Kier molecular flexibility index (Phi) is 12.0. The molecule has 0 spiro atoms. The molecule has 0 saturated carbocycles. The Labute approximate surface area is 175 Å². The maximum atomic E-state index is 3.44. The number of halogens is 2. The molecule has 0 aliphatic heterocycles. The molecular weight excluding hydrogens is 490 g/mol. The maximum absolute atomic E-state index is 3.44. The Morgan fingerprint density at radius 1 is 0.565 bits per heavy atom. The average Bonchev–Trinajstić information content (AvgIpc) is 2.60. The van der Waals surface area contributed by atoms with E-state index in [-0.39, 0.29) is 61.5 Å². The fourth-order valence-corrected chi connectivity index (χ4v) is 2.81. The van der Waals surface area contributed by atoms with Gasteiger partial charge in [-0.3, -0.25) is 12.2 Å². The standard InChI is InChI=1S/2C10H15.2ClH.Hf/c2*1-7-6-10(4,5)9(3)8(7)2;;;/h2*1-5H3;2*1H;/q2*-1;;;+4/p-2. The van der Waals surface area contributed by atoms with E-state index >= 15 is 0 Å². The molecule has 3 heteroatoms. The SMILES string of the molecule is CC1=[C-]C(C)(C)C(C)=C1C.CC1=[C-]C(C)(C)C(C)=C1C.[Cl-].[Cl-].[Hf+4]. The molecule has 0 aromatic carbocycles. The molecule has 0 nitrogen and oxygen atoms in total. The Morgan fingerprint density at radius 2 is 0.783 bits per heavy atom. The van der Waals surface area contributed by atoms with E-state index in [0.717, 1.165) is 0 Å². The van der Waals surface area contributed by atoms with Gasteiger partial charge in [0.15, 0.2) is 0 Å². The third-order valence-corrected chi connectivity index (χ3v) is 5.12. The van der Waals surface area contributed by atoms with Gasteiger partial charge in [-0.05, 0) is 0 Å². The van der Waals surface area contributed by atoms with E-state index in [1.165, 1.54) is 33.4 Å². The van der Waals surface area contributed by atoms with Crippen molar-refractivity contribution in [3.05, 3.63) is 45.6 Å². The van der Waals surface area contributed by atoms with Crippen LogP contribution in [0.4, 0.5) is 0 Å². The van der Waals surface area contributed by atoms with E-state index in [2.05, 4.69) is 81.4 Å². The van der Waals surface area contributed by atoms with Crippen molar-refractivity contribution in [3.63, 3.8) is 0 Å². The first kappa shape index (κ1) is 28.2. The molecule has 0 amide bonds. The number of hydrogen-bond donors (Lipinski definition) is 0. The zero-order chi connectivity index (χ0) is 15.9. The molecule has 23 heavy (non-hydrogen) atoms. The molecule has 2 aliphatic rings. The monoisotopic (exact) mass is 520 g/mol. The van der Waals surface area contributed by atoms with Gasteiger partial charge < -0.3 is 24.8 Å². The summed E-state index contributed by atoms with van der Waals surface area (Å²) < 4.78 is 0. The Hall–Kier alpha value is 0.410. The minimum Gasteiger partial charge on any atom is -1.00 e. The van der Waals surface area contributed by atoms with Crippen LogP contribution < -0.4 is 24.8 Å². The first-order chi connectivity index (χ1) is 8.90. The summed E-state index contributed by atoms with van der Waals surface area (Å²) in [5.41, 5.74) is 8.79. The molecule has 0 bridgehead atoms. The normalized spacial score (nSPS) is 20.4. The van der Waals surface area contributed by atoms with Gasteiger partial charge in [-0.25, -0.2) is 11.1 Å². The fraction of sp³-hybridized carbons (Fsp3) is 0.600. The smallest absolute Gasteiger partial charge is 1.00 e. The van der Waals surface area contributed by atoms with E-state index in [1.807, 2.05) is 0 Å². The van der Waals surface area contributed by atoms with Gasteiger partial charge in [0.25, 0.3) is 0 Å². The topological polar surface area (TPSA) is 0 Å². The van der Waals surface area contributed by atoms with Crippen molar-refractivity contribution in [1.82, 2.24) is 0 Å². The summed E-state index contributed by atoms with van der Waals surface area (Å²) >= 11 is 0. The Bertz CT molecular complexity index is 494. The van der Waals surface area contributed by atoms with Crippen LogP contribution >= 0.6 is 0 Å². The van der Waals surface area contributed by atoms with Crippen LogP contribution in [0.3, 0.4) is 0 Å². The summed E-state index contributed by atoms with van der Waals surface area (Å²) in [6.07, 6.45) is 6.87. The largest absolute Gasteiger partial charge is 4.00 e. The molecule has 2 rings (SSSR count). The first-order valence-corrected chi connectivity index (χ1v) is 7.50. The fourth-order valence-electron chi connectivity index (χ4n) is 2.81. The summed E-state index contributed by atoms with van der Waals surface area (Å²) in [5, 5.41) is 0. The molecule has 2 aliphatic carbocycles. The summed E-state index contributed by atoms with van der Waals surface area (Å²) in [5.74, 6) is 0. The molecule has 0 atom stereocenters. The van der Waals surface area contributed by atoms with Gasteiger partial charge in [0.2, 0.25) is 0 Å². The third-order valence-electron chi connectivity index (χ3n) is 5.12. The third kappa shape index (κ3) is 6.33. The van der Waals surface area contributed by atoms with Gasteiger partial charge in [-0.2, -0.15) is 22.3 Å². The summed E-state index contributed by atoms with van der Waals surface area (Å²) in [6, 6.07) is 0. The van der Waals surface area contributed by atoms with E-state index in [4.69, 9.17) is 0 Å². The average molecular weight is 520 g/mol. The van der Waals surface area contributed by atoms with Crippen LogP contribution in [0.1, 0.15) is 69.2 Å². The van der Waals surface area contributed by atoms with Crippen LogP contribution in [0.25, 0.3) is 0 Å².